The number of aromatic nitrogens is 2. The van der Waals surface area contributed by atoms with Gasteiger partial charge in [-0.3, -0.25) is 0 Å². The molecule has 1 aromatic heterocycles. The molecule has 0 aliphatic rings. The highest BCUT2D eigenvalue weighted by Crippen LogP contribution is 2.19. The van der Waals surface area contributed by atoms with Crippen molar-refractivity contribution in [2.24, 2.45) is 0 Å². The van der Waals surface area contributed by atoms with Crippen molar-refractivity contribution < 1.29 is 8.42 Å². The Hall–Kier alpha value is -1.68. The van der Waals surface area contributed by atoms with Gasteiger partial charge in [0.05, 0.1) is 11.4 Å². The summed E-state index contributed by atoms with van der Waals surface area (Å²) in [5.74, 6) is 0.437. The molecule has 98 valence electrons. The molecule has 0 saturated heterocycles. The molecule has 0 aliphatic heterocycles. The predicted octanol–water partition coefficient (Wildman–Crippen LogP) is 0.446. The number of hydrogen-bond acceptors (Lipinski definition) is 6. The summed E-state index contributed by atoms with van der Waals surface area (Å²) < 4.78 is 22.2. The van der Waals surface area contributed by atoms with Gasteiger partial charge in [-0.05, 0) is 19.4 Å². The maximum atomic E-state index is 11.1. The minimum Gasteiger partial charge on any atom is -0.356 e. The lowest BCUT2D eigenvalue weighted by molar-refractivity contribution is 0.601. The second-order valence-electron chi connectivity index (χ2n) is 4.27. The lowest BCUT2D eigenvalue weighted by Crippen LogP contribution is -2.27. The minimum atomic E-state index is -3.04. The van der Waals surface area contributed by atoms with Crippen LogP contribution in [-0.2, 0) is 9.84 Å². The summed E-state index contributed by atoms with van der Waals surface area (Å²) >= 11 is 0. The van der Waals surface area contributed by atoms with Gasteiger partial charge in [-0.15, -0.1) is 5.10 Å². The van der Waals surface area contributed by atoms with E-state index in [-0.39, 0.29) is 12.3 Å². The molecule has 7 heteroatoms. The molecule has 0 atom stereocenters. The quantitative estimate of drug-likeness (QED) is 0.787. The summed E-state index contributed by atoms with van der Waals surface area (Å²) in [5, 5.41) is 17.1. The van der Waals surface area contributed by atoms with E-state index < -0.39 is 9.84 Å². The summed E-state index contributed by atoms with van der Waals surface area (Å²) in [6.45, 7) is 3.87. The zero-order valence-electron chi connectivity index (χ0n) is 10.9. The van der Waals surface area contributed by atoms with Crippen molar-refractivity contribution >= 4 is 15.7 Å². The van der Waals surface area contributed by atoms with E-state index in [2.05, 4.69) is 16.3 Å². The van der Waals surface area contributed by atoms with Gasteiger partial charge < -0.3 is 4.90 Å². The molecule has 0 amide bonds. The summed E-state index contributed by atoms with van der Waals surface area (Å²) in [4.78, 5) is 1.64. The van der Waals surface area contributed by atoms with Crippen LogP contribution < -0.4 is 4.90 Å². The van der Waals surface area contributed by atoms with Crippen molar-refractivity contribution in [3.05, 3.63) is 16.8 Å². The largest absolute Gasteiger partial charge is 0.356 e. The molecular formula is C11H16N4O2S. The summed E-state index contributed by atoms with van der Waals surface area (Å²) in [6.07, 6.45) is 1.18. The van der Waals surface area contributed by atoms with Crippen LogP contribution in [0.1, 0.15) is 16.8 Å². The highest BCUT2D eigenvalue weighted by Gasteiger charge is 2.15. The molecule has 0 unspecified atom stereocenters. The Morgan fingerprint density at radius 2 is 1.94 bits per heavy atom. The summed E-state index contributed by atoms with van der Waals surface area (Å²) in [7, 11) is -1.34. The molecule has 1 heterocycles. The van der Waals surface area contributed by atoms with Crippen molar-refractivity contribution in [3.63, 3.8) is 0 Å². The second-order valence-corrected chi connectivity index (χ2v) is 6.53. The van der Waals surface area contributed by atoms with Gasteiger partial charge in [0.2, 0.25) is 0 Å². The van der Waals surface area contributed by atoms with E-state index in [4.69, 9.17) is 5.26 Å². The van der Waals surface area contributed by atoms with E-state index in [1.165, 1.54) is 6.26 Å². The van der Waals surface area contributed by atoms with E-state index in [0.717, 1.165) is 5.56 Å². The van der Waals surface area contributed by atoms with Crippen LogP contribution in [0.25, 0.3) is 0 Å². The molecule has 0 bridgehead atoms. The number of anilines is 1. The number of rotatable bonds is 4. The van der Waals surface area contributed by atoms with Gasteiger partial charge in [-0.1, -0.05) is 0 Å². The third-order valence-electron chi connectivity index (χ3n) is 2.71. The molecule has 0 saturated carbocycles. The second kappa shape index (κ2) is 5.31. The van der Waals surface area contributed by atoms with Crippen molar-refractivity contribution in [1.82, 2.24) is 10.2 Å². The lowest BCUT2D eigenvalue weighted by Gasteiger charge is -2.19. The van der Waals surface area contributed by atoms with Crippen LogP contribution in [0.2, 0.25) is 0 Å². The first-order chi connectivity index (χ1) is 8.26. The van der Waals surface area contributed by atoms with E-state index in [9.17, 15) is 8.42 Å². The number of sulfone groups is 1. The Bertz CT molecular complexity index is 590. The van der Waals surface area contributed by atoms with Crippen molar-refractivity contribution in [3.8, 4) is 6.07 Å². The van der Waals surface area contributed by atoms with Gasteiger partial charge in [0.25, 0.3) is 0 Å². The number of nitriles is 1. The third-order valence-corrected chi connectivity index (χ3v) is 3.63. The average molecular weight is 268 g/mol. The monoisotopic (exact) mass is 268 g/mol. The number of hydrogen-bond donors (Lipinski definition) is 0. The summed E-state index contributed by atoms with van der Waals surface area (Å²) in [5.41, 5.74) is 1.92. The average Bonchev–Trinajstić information content (AvgIpc) is 2.28. The normalized spacial score (nSPS) is 11.1. The van der Waals surface area contributed by atoms with Crippen molar-refractivity contribution in [1.29, 1.82) is 5.26 Å². The fourth-order valence-corrected chi connectivity index (χ4v) is 2.01. The van der Waals surface area contributed by atoms with Crippen molar-refractivity contribution in [2.45, 2.75) is 13.8 Å². The van der Waals surface area contributed by atoms with Crippen LogP contribution in [-0.4, -0.2) is 44.2 Å². The van der Waals surface area contributed by atoms with Gasteiger partial charge in [0, 0.05) is 19.8 Å². The maximum absolute atomic E-state index is 11.1. The van der Waals surface area contributed by atoms with E-state index in [1.54, 1.807) is 25.8 Å². The van der Waals surface area contributed by atoms with Gasteiger partial charge in [-0.2, -0.15) is 10.4 Å². The van der Waals surface area contributed by atoms with Crippen LogP contribution in [0.15, 0.2) is 0 Å². The molecule has 0 N–H and O–H groups in total. The first-order valence-corrected chi connectivity index (χ1v) is 7.45. The predicted molar refractivity (Wildman–Crippen MR) is 69.2 cm³/mol. The third kappa shape index (κ3) is 3.40. The fraction of sp³-hybridized carbons (Fsp3) is 0.545. The van der Waals surface area contributed by atoms with Gasteiger partial charge in [-0.25, -0.2) is 8.42 Å². The highest BCUT2D eigenvalue weighted by atomic mass is 32.2. The first-order valence-electron chi connectivity index (χ1n) is 5.39. The molecule has 0 spiro atoms. The number of aryl methyl sites for hydroxylation is 1. The minimum absolute atomic E-state index is 0.0168. The molecule has 1 aromatic rings. The summed E-state index contributed by atoms with van der Waals surface area (Å²) in [6, 6.07) is 2.09. The highest BCUT2D eigenvalue weighted by molar-refractivity contribution is 7.90. The van der Waals surface area contributed by atoms with Crippen LogP contribution in [0, 0.1) is 25.2 Å². The van der Waals surface area contributed by atoms with Crippen LogP contribution in [0.4, 0.5) is 5.82 Å². The Balaban J connectivity index is 3.04. The number of nitrogens with zero attached hydrogens (tertiary/aromatic N) is 4. The lowest BCUT2D eigenvalue weighted by atomic mass is 10.1. The zero-order chi connectivity index (χ0) is 13.9. The van der Waals surface area contributed by atoms with Crippen LogP contribution in [0.5, 0.6) is 0 Å². The van der Waals surface area contributed by atoms with Gasteiger partial charge in [0.1, 0.15) is 21.5 Å². The van der Waals surface area contributed by atoms with Gasteiger partial charge in [0.15, 0.2) is 5.82 Å². The van der Waals surface area contributed by atoms with E-state index in [1.807, 2.05) is 0 Å². The smallest absolute Gasteiger partial charge is 0.169 e. The Morgan fingerprint density at radius 3 is 2.44 bits per heavy atom. The van der Waals surface area contributed by atoms with Crippen LogP contribution in [0.3, 0.4) is 0 Å². The van der Waals surface area contributed by atoms with E-state index >= 15 is 0 Å². The van der Waals surface area contributed by atoms with Crippen molar-refractivity contribution in [2.75, 3.05) is 30.5 Å². The Labute approximate surface area is 107 Å². The van der Waals surface area contributed by atoms with Gasteiger partial charge >= 0.3 is 0 Å². The van der Waals surface area contributed by atoms with Crippen LogP contribution >= 0.6 is 0 Å². The molecule has 0 aromatic carbocycles. The molecule has 6 nitrogen and oxygen atoms in total. The standard InChI is InChI=1S/C11H16N4O2S/c1-8-9(2)13-14-11(10(8)7-12)15(3)5-6-18(4,16)17/h5-6H2,1-4H3. The SMILES string of the molecule is Cc1nnc(N(C)CCS(C)(=O)=O)c(C#N)c1C. The topological polar surface area (TPSA) is 87.0 Å². The molecule has 18 heavy (non-hydrogen) atoms. The zero-order valence-corrected chi connectivity index (χ0v) is 11.7. The Kier molecular flexibility index (Phi) is 4.24. The molecule has 0 radical (unpaired) electrons. The molecule has 0 fully saturated rings. The first kappa shape index (κ1) is 14.4. The molecule has 0 aliphatic carbocycles. The van der Waals surface area contributed by atoms with E-state index in [0.29, 0.717) is 17.1 Å². The maximum Gasteiger partial charge on any atom is 0.169 e. The fourth-order valence-electron chi connectivity index (χ4n) is 1.41. The molecular weight excluding hydrogens is 252 g/mol. The Morgan fingerprint density at radius 1 is 1.33 bits per heavy atom. The molecule has 1 rings (SSSR count).